The van der Waals surface area contributed by atoms with E-state index in [0.717, 1.165) is 114 Å². The zero-order valence-electron chi connectivity index (χ0n) is 93.5. The van der Waals surface area contributed by atoms with Gasteiger partial charge in [-0.05, 0) is 215 Å². The zero-order chi connectivity index (χ0) is 114. The molecular formula is C134H168O16. The van der Waals surface area contributed by atoms with Crippen molar-refractivity contribution in [2.24, 2.45) is 0 Å². The zero-order valence-corrected chi connectivity index (χ0v) is 93.5. The van der Waals surface area contributed by atoms with Crippen LogP contribution in [0.3, 0.4) is 0 Å². The topological polar surface area (TPSA) is 324 Å². The highest BCUT2D eigenvalue weighted by Gasteiger charge is 2.21. The average molecular weight is 2030 g/mol. The highest BCUT2D eigenvalue weighted by Crippen LogP contribution is 2.49. The fraction of sp³-hybridized carbons (Fsp3) is 0.209. The van der Waals surface area contributed by atoms with Crippen molar-refractivity contribution < 1.29 is 81.7 Å². The summed E-state index contributed by atoms with van der Waals surface area (Å²) in [5, 5.41) is 166. The van der Waals surface area contributed by atoms with Crippen LogP contribution in [0.1, 0.15) is 83.1 Å². The summed E-state index contributed by atoms with van der Waals surface area (Å²) in [4.78, 5) is 0. The van der Waals surface area contributed by atoms with Crippen molar-refractivity contribution >= 4 is 215 Å². The van der Waals surface area contributed by atoms with E-state index in [9.17, 15) is 0 Å². The third kappa shape index (κ3) is 31.4. The molecule has 0 aromatic heterocycles. The van der Waals surface area contributed by atoms with E-state index in [1.54, 1.807) is 0 Å². The molecule has 800 valence electrons. The standard InChI is InChI=1S/4C26H16.6C2H6.C2H4.16CH4O/c4*1-5-13-21-17(9-1)18-10-2-6-14-22(18)26-24-16-8-4-12-20(24)19-11-3-7-15-23(19)25(21)26;23*1-2/h4*1-16H;6*1-2H3;1-2H2;16*2H,1H3. The Morgan fingerprint density at radius 3 is 0.153 bits per heavy atom. The second-order valence-electron chi connectivity index (χ2n) is 27.7. The van der Waals surface area contributed by atoms with Crippen molar-refractivity contribution in [1.29, 1.82) is 0 Å². The maximum absolute atomic E-state index is 7.00. The Labute approximate surface area is 889 Å². The molecule has 0 bridgehead atoms. The van der Waals surface area contributed by atoms with Crippen LogP contribution in [0.5, 0.6) is 0 Å². The third-order valence-corrected chi connectivity index (χ3v) is 22.5. The summed E-state index contributed by atoms with van der Waals surface area (Å²) in [6.45, 7) is 30.0. The predicted molar refractivity (Wildman–Crippen MR) is 666 cm³/mol. The van der Waals surface area contributed by atoms with Gasteiger partial charge in [0.1, 0.15) is 0 Å². The molecule has 16 heteroatoms. The first kappa shape index (κ1) is 140. The molecule has 16 N–H and O–H groups in total. The van der Waals surface area contributed by atoms with E-state index in [1.807, 2.05) is 83.1 Å². The van der Waals surface area contributed by atoms with Gasteiger partial charge in [0.05, 0.1) is 0 Å². The fourth-order valence-electron chi connectivity index (χ4n) is 18.3. The van der Waals surface area contributed by atoms with Crippen molar-refractivity contribution in [3.8, 4) is 0 Å². The summed E-state index contributed by atoms with van der Waals surface area (Å²) in [7, 11) is 16.0. The summed E-state index contributed by atoms with van der Waals surface area (Å²) in [5.74, 6) is 0. The number of hydrogen-bond acceptors (Lipinski definition) is 16. The van der Waals surface area contributed by atoms with Crippen LogP contribution in [-0.4, -0.2) is 195 Å². The molecule has 0 saturated carbocycles. The average Bonchev–Trinajstić information content (AvgIpc) is 0.725. The van der Waals surface area contributed by atoms with E-state index in [-0.39, 0.29) is 0 Å². The summed E-state index contributed by atoms with van der Waals surface area (Å²) >= 11 is 0. The number of benzene rings is 24. The third-order valence-electron chi connectivity index (χ3n) is 22.5. The van der Waals surface area contributed by atoms with Gasteiger partial charge in [-0.25, -0.2) is 0 Å². The molecule has 0 aliphatic carbocycles. The summed E-state index contributed by atoms with van der Waals surface area (Å²) < 4.78 is 0. The van der Waals surface area contributed by atoms with Gasteiger partial charge in [-0.1, -0.05) is 471 Å². The molecule has 24 aromatic carbocycles. The molecule has 24 aromatic rings. The molecule has 0 radical (unpaired) electrons. The predicted octanol–water partition coefficient (Wildman–Crippen LogP) is 30.5. The van der Waals surface area contributed by atoms with Crippen LogP contribution < -0.4 is 0 Å². The molecule has 0 saturated heterocycles. The van der Waals surface area contributed by atoms with Crippen LogP contribution in [0.2, 0.25) is 0 Å². The van der Waals surface area contributed by atoms with Crippen molar-refractivity contribution in [2.75, 3.05) is 114 Å². The Morgan fingerprint density at radius 2 is 0.113 bits per heavy atom. The van der Waals surface area contributed by atoms with E-state index in [1.165, 1.54) is 215 Å². The number of rotatable bonds is 0. The number of fused-ring (bicyclic) bond motifs is 44. The Bertz CT molecular complexity index is 6010. The van der Waals surface area contributed by atoms with Crippen molar-refractivity contribution in [1.82, 2.24) is 0 Å². The monoisotopic (exact) mass is 2030 g/mol. The Morgan fingerprint density at radius 1 is 0.0800 bits per heavy atom. The maximum Gasteiger partial charge on any atom is 0.0319 e. The van der Waals surface area contributed by atoms with Crippen LogP contribution >= 0.6 is 0 Å². The fourth-order valence-corrected chi connectivity index (χ4v) is 18.3. The number of hydrogen-bond donors (Lipinski definition) is 16. The van der Waals surface area contributed by atoms with Crippen LogP contribution in [-0.2, 0) is 0 Å². The minimum absolute atomic E-state index is 1.00. The number of aliphatic hydroxyl groups is 16. The highest BCUT2D eigenvalue weighted by atomic mass is 16.3. The Kier molecular flexibility index (Phi) is 77.8. The second kappa shape index (κ2) is 83.5. The Balaban J connectivity index is -0.00000170. The normalized spacial score (nSPS) is 9.12. The molecule has 0 fully saturated rings. The SMILES string of the molecule is C=C.CC.CC.CC.CC.CC.CC.CO.CO.CO.CO.CO.CO.CO.CO.CO.CO.CO.CO.CO.CO.CO.CO.c1ccc2c(c1)c1ccccc1c1c3ccccc3c3ccccc3c21.c1ccc2c(c1)c1ccccc1c1c3ccccc3c3ccccc3c21.c1ccc2c(c1)c1ccccc1c1c3ccccc3c3ccccc3c21.c1ccc2c(c1)c1ccccc1c1c3ccccc3c3ccccc3c21. The molecule has 24 rings (SSSR count). The lowest BCUT2D eigenvalue weighted by molar-refractivity contribution is 0.399. The first-order valence-electron chi connectivity index (χ1n) is 49.9. The van der Waals surface area contributed by atoms with Gasteiger partial charge in [0.25, 0.3) is 0 Å². The van der Waals surface area contributed by atoms with E-state index >= 15 is 0 Å². The molecule has 0 aliphatic rings. The highest BCUT2D eigenvalue weighted by molar-refractivity contribution is 6.44. The van der Waals surface area contributed by atoms with Gasteiger partial charge in [0, 0.05) is 114 Å². The van der Waals surface area contributed by atoms with Crippen LogP contribution in [0.15, 0.2) is 401 Å². The van der Waals surface area contributed by atoms with E-state index in [2.05, 4.69) is 401 Å². The van der Waals surface area contributed by atoms with Crippen LogP contribution in [0.4, 0.5) is 0 Å². The smallest absolute Gasteiger partial charge is 0.0319 e. The molecule has 0 unspecified atom stereocenters. The Hall–Kier alpha value is -14.4. The van der Waals surface area contributed by atoms with E-state index < -0.39 is 0 Å². The van der Waals surface area contributed by atoms with Crippen molar-refractivity contribution in [3.05, 3.63) is 401 Å². The van der Waals surface area contributed by atoms with Gasteiger partial charge in [-0.3, -0.25) is 0 Å². The molecule has 0 aliphatic heterocycles. The van der Waals surface area contributed by atoms with Gasteiger partial charge in [0.15, 0.2) is 0 Å². The molecular weight excluding hydrogens is 1870 g/mol. The molecule has 0 heterocycles. The lowest BCUT2D eigenvalue weighted by Crippen LogP contribution is -1.87. The van der Waals surface area contributed by atoms with Gasteiger partial charge in [0.2, 0.25) is 0 Å². The quantitative estimate of drug-likeness (QED) is 0.0495. The lowest BCUT2D eigenvalue weighted by atomic mass is 9.87. The van der Waals surface area contributed by atoms with E-state index in [4.69, 9.17) is 81.7 Å². The summed E-state index contributed by atoms with van der Waals surface area (Å²) in [5.41, 5.74) is 0. The molecule has 0 amide bonds. The number of aliphatic hydroxyl groups excluding tert-OH is 16. The summed E-state index contributed by atoms with van der Waals surface area (Å²) in [6, 6.07) is 141. The minimum Gasteiger partial charge on any atom is -0.400 e. The second-order valence-corrected chi connectivity index (χ2v) is 27.7. The van der Waals surface area contributed by atoms with Crippen LogP contribution in [0, 0.1) is 0 Å². The van der Waals surface area contributed by atoms with Gasteiger partial charge in [-0.15, -0.1) is 13.2 Å². The van der Waals surface area contributed by atoms with Crippen molar-refractivity contribution in [3.63, 3.8) is 0 Å². The molecule has 0 spiro atoms. The molecule has 0 atom stereocenters. The van der Waals surface area contributed by atoms with Gasteiger partial charge in [-0.2, -0.15) is 0 Å². The first-order valence-corrected chi connectivity index (χ1v) is 49.9. The molecule has 16 nitrogen and oxygen atoms in total. The molecule has 150 heavy (non-hydrogen) atoms. The van der Waals surface area contributed by atoms with Gasteiger partial charge >= 0.3 is 0 Å². The first-order chi connectivity index (χ1) is 74.7. The largest absolute Gasteiger partial charge is 0.400 e. The minimum atomic E-state index is 1.00. The lowest BCUT2D eigenvalue weighted by Gasteiger charge is -2.16. The van der Waals surface area contributed by atoms with Crippen LogP contribution in [0.25, 0.3) is 215 Å². The summed E-state index contributed by atoms with van der Waals surface area (Å²) in [6.07, 6.45) is 0. The van der Waals surface area contributed by atoms with Crippen molar-refractivity contribution in [2.45, 2.75) is 83.1 Å². The van der Waals surface area contributed by atoms with Gasteiger partial charge < -0.3 is 81.7 Å². The maximum atomic E-state index is 7.00. The van der Waals surface area contributed by atoms with E-state index in [0.29, 0.717) is 0 Å².